The van der Waals surface area contributed by atoms with E-state index in [4.69, 9.17) is 0 Å². The first-order chi connectivity index (χ1) is 14.2. The first-order valence-corrected chi connectivity index (χ1v) is 9.88. The number of carbonyl (C=O) groups is 1. The summed E-state index contributed by atoms with van der Waals surface area (Å²) in [5.41, 5.74) is 3.49. The fraction of sp³-hybridized carbons (Fsp3) is 0.500. The van der Waals surface area contributed by atoms with Crippen LogP contribution in [0.25, 0.3) is 5.57 Å². The number of anilines is 2. The summed E-state index contributed by atoms with van der Waals surface area (Å²) in [6.45, 7) is 1.92. The van der Waals surface area contributed by atoms with Gasteiger partial charge in [0.15, 0.2) is 0 Å². The van der Waals surface area contributed by atoms with E-state index in [2.05, 4.69) is 20.4 Å². The first-order valence-electron chi connectivity index (χ1n) is 9.88. The number of hydrogen-bond acceptors (Lipinski definition) is 5. The molecule has 2 unspecified atom stereocenters. The van der Waals surface area contributed by atoms with Crippen molar-refractivity contribution in [2.24, 2.45) is 7.05 Å². The number of alkyl halides is 3. The molecule has 4 heterocycles. The predicted molar refractivity (Wildman–Crippen MR) is 105 cm³/mol. The lowest BCUT2D eigenvalue weighted by Gasteiger charge is -2.34. The molecule has 2 aliphatic rings. The van der Waals surface area contributed by atoms with E-state index >= 15 is 0 Å². The quantitative estimate of drug-likeness (QED) is 0.797. The number of hydrogen-bond donors (Lipinski definition) is 1. The van der Waals surface area contributed by atoms with Crippen LogP contribution in [0.3, 0.4) is 0 Å². The van der Waals surface area contributed by atoms with E-state index in [1.807, 2.05) is 26.2 Å². The monoisotopic (exact) mass is 420 g/mol. The lowest BCUT2D eigenvalue weighted by molar-refractivity contribution is -0.150. The topological polar surface area (TPSA) is 75.9 Å². The minimum absolute atomic E-state index is 0.0835. The molecule has 0 saturated carbocycles. The summed E-state index contributed by atoms with van der Waals surface area (Å²) >= 11 is 0. The second-order valence-corrected chi connectivity index (χ2v) is 7.86. The number of nitrogens with one attached hydrogen (secondary N) is 1. The zero-order valence-corrected chi connectivity index (χ0v) is 16.8. The molecule has 1 amide bonds. The van der Waals surface area contributed by atoms with Gasteiger partial charge in [0.2, 0.25) is 11.9 Å². The van der Waals surface area contributed by atoms with Gasteiger partial charge in [-0.05, 0) is 37.3 Å². The molecule has 2 aliphatic heterocycles. The van der Waals surface area contributed by atoms with Gasteiger partial charge in [-0.25, -0.2) is 9.97 Å². The molecule has 1 fully saturated rings. The number of carbonyl (C=O) groups excluding carboxylic acids is 1. The van der Waals surface area contributed by atoms with Gasteiger partial charge in [0.1, 0.15) is 0 Å². The molecule has 2 atom stereocenters. The van der Waals surface area contributed by atoms with Crippen LogP contribution in [0.4, 0.5) is 24.8 Å². The molecule has 0 spiro atoms. The number of fused-ring (bicyclic) bond motifs is 2. The number of aryl methyl sites for hydroxylation is 2. The zero-order valence-electron chi connectivity index (χ0n) is 16.8. The number of rotatable bonds is 5. The number of nitrogens with zero attached hydrogens (tertiary/aromatic N) is 5. The predicted octanol–water partition coefficient (Wildman–Crippen LogP) is 3.75. The van der Waals surface area contributed by atoms with Crippen molar-refractivity contribution in [1.29, 1.82) is 0 Å². The van der Waals surface area contributed by atoms with Crippen LogP contribution >= 0.6 is 0 Å². The van der Waals surface area contributed by atoms with Crippen molar-refractivity contribution < 1.29 is 18.0 Å². The summed E-state index contributed by atoms with van der Waals surface area (Å²) in [4.78, 5) is 23.0. The minimum Gasteiger partial charge on any atom is -0.333 e. The van der Waals surface area contributed by atoms with E-state index in [0.29, 0.717) is 12.4 Å². The highest BCUT2D eigenvalue weighted by Crippen LogP contribution is 2.39. The Bertz CT molecular complexity index is 983. The fourth-order valence-electron chi connectivity index (χ4n) is 4.21. The van der Waals surface area contributed by atoms with Crippen LogP contribution in [0.15, 0.2) is 24.7 Å². The molecule has 0 aliphatic carbocycles. The van der Waals surface area contributed by atoms with E-state index in [1.54, 1.807) is 22.0 Å². The Labute approximate surface area is 172 Å². The van der Waals surface area contributed by atoms with Gasteiger partial charge >= 0.3 is 6.18 Å². The Balaban J connectivity index is 1.53. The van der Waals surface area contributed by atoms with Crippen LogP contribution < -0.4 is 5.32 Å². The molecule has 0 aromatic carbocycles. The molecule has 160 valence electrons. The largest absolute Gasteiger partial charge is 0.389 e. The lowest BCUT2D eigenvalue weighted by atomic mass is 9.96. The molecule has 30 heavy (non-hydrogen) atoms. The van der Waals surface area contributed by atoms with Gasteiger partial charge in [-0.1, -0.05) is 6.08 Å². The van der Waals surface area contributed by atoms with E-state index < -0.39 is 24.9 Å². The van der Waals surface area contributed by atoms with E-state index in [-0.39, 0.29) is 12.1 Å². The van der Waals surface area contributed by atoms with Crippen LogP contribution in [0.5, 0.6) is 0 Å². The van der Waals surface area contributed by atoms with Crippen molar-refractivity contribution in [3.8, 4) is 0 Å². The highest BCUT2D eigenvalue weighted by molar-refractivity contribution is 5.80. The third-order valence-corrected chi connectivity index (χ3v) is 5.54. The average Bonchev–Trinajstić information content (AvgIpc) is 3.20. The molecule has 1 saturated heterocycles. The molecule has 7 nitrogen and oxygen atoms in total. The summed E-state index contributed by atoms with van der Waals surface area (Å²) in [6.07, 6.45) is 3.45. The molecular formula is C20H23F3N6O. The second-order valence-electron chi connectivity index (χ2n) is 7.86. The highest BCUT2D eigenvalue weighted by atomic mass is 19.4. The standard InChI is InChI=1S/C20H23F3N6O/c1-12-9-24-19(26-14-10-25-28(2)11-14)27-18(12)13-7-15-3-4-16(8-13)29(15)17(30)5-6-20(21,22)23/h7,9-11,15-16H,3-6,8H2,1-2H3,(H,24,26,27). The number of amides is 1. The Morgan fingerprint density at radius 3 is 2.77 bits per heavy atom. The van der Waals surface area contributed by atoms with Crippen molar-refractivity contribution in [3.05, 3.63) is 35.9 Å². The molecule has 0 radical (unpaired) electrons. The highest BCUT2D eigenvalue weighted by Gasteiger charge is 2.41. The maximum Gasteiger partial charge on any atom is 0.389 e. The maximum atomic E-state index is 12.5. The maximum absolute atomic E-state index is 12.5. The van der Waals surface area contributed by atoms with Gasteiger partial charge in [-0.15, -0.1) is 0 Å². The normalized spacial score (nSPS) is 21.0. The summed E-state index contributed by atoms with van der Waals surface area (Å²) in [7, 11) is 1.82. The van der Waals surface area contributed by atoms with Gasteiger partial charge in [-0.3, -0.25) is 9.48 Å². The molecular weight excluding hydrogens is 397 g/mol. The van der Waals surface area contributed by atoms with Crippen molar-refractivity contribution in [2.45, 2.75) is 57.3 Å². The SMILES string of the molecule is Cc1cnc(Nc2cnn(C)c2)nc1C1=CC2CCC(C1)N2C(=O)CCC(F)(F)F. The van der Waals surface area contributed by atoms with Gasteiger partial charge in [-0.2, -0.15) is 18.3 Å². The van der Waals surface area contributed by atoms with Crippen molar-refractivity contribution in [1.82, 2.24) is 24.6 Å². The summed E-state index contributed by atoms with van der Waals surface area (Å²) in [5, 5.41) is 7.23. The fourth-order valence-corrected chi connectivity index (χ4v) is 4.21. The molecule has 1 N–H and O–H groups in total. The Morgan fingerprint density at radius 2 is 2.10 bits per heavy atom. The van der Waals surface area contributed by atoms with Crippen LogP contribution in [-0.2, 0) is 11.8 Å². The number of aromatic nitrogens is 4. The van der Waals surface area contributed by atoms with Crippen molar-refractivity contribution in [2.75, 3.05) is 5.32 Å². The van der Waals surface area contributed by atoms with Crippen molar-refractivity contribution in [3.63, 3.8) is 0 Å². The van der Waals surface area contributed by atoms with Gasteiger partial charge in [0.25, 0.3) is 0 Å². The lowest BCUT2D eigenvalue weighted by Crippen LogP contribution is -2.43. The van der Waals surface area contributed by atoms with Crippen LogP contribution in [0, 0.1) is 6.92 Å². The molecule has 10 heteroatoms. The van der Waals surface area contributed by atoms with Crippen LogP contribution in [0.1, 0.15) is 43.4 Å². The second kappa shape index (κ2) is 7.73. The van der Waals surface area contributed by atoms with Gasteiger partial charge < -0.3 is 10.2 Å². The third-order valence-electron chi connectivity index (χ3n) is 5.54. The summed E-state index contributed by atoms with van der Waals surface area (Å²) in [5.74, 6) is 0.0222. The minimum atomic E-state index is -4.32. The van der Waals surface area contributed by atoms with E-state index in [1.165, 1.54) is 0 Å². The molecule has 2 aromatic rings. The summed E-state index contributed by atoms with van der Waals surface area (Å²) < 4.78 is 39.2. The van der Waals surface area contributed by atoms with Gasteiger partial charge in [0.05, 0.1) is 30.0 Å². The molecule has 2 bridgehead atoms. The first kappa shape index (κ1) is 20.4. The Hall–Kier alpha value is -2.91. The smallest absolute Gasteiger partial charge is 0.333 e. The van der Waals surface area contributed by atoms with Crippen LogP contribution in [-0.4, -0.2) is 48.8 Å². The van der Waals surface area contributed by atoms with Crippen LogP contribution in [0.2, 0.25) is 0 Å². The van der Waals surface area contributed by atoms with E-state index in [9.17, 15) is 18.0 Å². The Morgan fingerprint density at radius 1 is 1.30 bits per heavy atom. The summed E-state index contributed by atoms with van der Waals surface area (Å²) in [6, 6.07) is -0.261. The van der Waals surface area contributed by atoms with Crippen molar-refractivity contribution >= 4 is 23.1 Å². The Kier molecular flexibility index (Phi) is 5.25. The molecule has 4 rings (SSSR count). The number of halogens is 3. The molecule has 2 aromatic heterocycles. The van der Waals surface area contributed by atoms with E-state index in [0.717, 1.165) is 35.4 Å². The zero-order chi connectivity index (χ0) is 21.5. The third kappa shape index (κ3) is 4.31. The van der Waals surface area contributed by atoms with Gasteiger partial charge in [0, 0.05) is 31.9 Å². The average molecular weight is 420 g/mol.